The molecular formula is C25H18Cl2INO4. The van der Waals surface area contributed by atoms with Gasteiger partial charge >= 0.3 is 5.97 Å². The van der Waals surface area contributed by atoms with Crippen LogP contribution in [0.1, 0.15) is 16.7 Å². The second-order valence-electron chi connectivity index (χ2n) is 7.08. The van der Waals surface area contributed by atoms with Crippen LogP contribution in [0.25, 0.3) is 6.08 Å². The Morgan fingerprint density at radius 2 is 1.85 bits per heavy atom. The van der Waals surface area contributed by atoms with Crippen LogP contribution in [0.5, 0.6) is 11.5 Å². The number of ether oxygens (including phenoxy) is 3. The van der Waals surface area contributed by atoms with Crippen LogP contribution in [0, 0.1) is 3.57 Å². The average molecular weight is 594 g/mol. The third-order valence-corrected chi connectivity index (χ3v) is 6.10. The third kappa shape index (κ3) is 5.69. The van der Waals surface area contributed by atoms with Crippen LogP contribution in [0.15, 0.2) is 71.4 Å². The lowest BCUT2D eigenvalue weighted by molar-refractivity contribution is -0.129. The number of carbonyl (C=O) groups is 1. The average Bonchev–Trinajstić information content (AvgIpc) is 3.17. The zero-order valence-electron chi connectivity index (χ0n) is 17.5. The lowest BCUT2D eigenvalue weighted by atomic mass is 10.1. The minimum atomic E-state index is -0.571. The number of benzene rings is 3. The number of hydrogen-bond donors (Lipinski definition) is 0. The molecule has 0 aliphatic carbocycles. The van der Waals surface area contributed by atoms with Crippen LogP contribution < -0.4 is 9.47 Å². The molecule has 8 heteroatoms. The fourth-order valence-electron chi connectivity index (χ4n) is 3.22. The first-order chi connectivity index (χ1) is 15.9. The maximum Gasteiger partial charge on any atom is 0.363 e. The molecule has 4 rings (SSSR count). The van der Waals surface area contributed by atoms with Crippen molar-refractivity contribution in [1.82, 2.24) is 0 Å². The van der Waals surface area contributed by atoms with Crippen molar-refractivity contribution in [2.45, 2.75) is 6.42 Å². The molecule has 3 aromatic rings. The molecule has 0 aromatic heterocycles. The Morgan fingerprint density at radius 3 is 2.61 bits per heavy atom. The molecule has 0 radical (unpaired) electrons. The van der Waals surface area contributed by atoms with Crippen LogP contribution in [0.2, 0.25) is 10.0 Å². The summed E-state index contributed by atoms with van der Waals surface area (Å²) >= 11 is 14.9. The summed E-state index contributed by atoms with van der Waals surface area (Å²) in [5, 5.41) is 0.815. The third-order valence-electron chi connectivity index (χ3n) is 4.81. The van der Waals surface area contributed by atoms with Gasteiger partial charge in [0.15, 0.2) is 17.2 Å². The number of aliphatic imine (C=N–C) groups is 1. The normalized spacial score (nSPS) is 14.2. The van der Waals surface area contributed by atoms with Crippen LogP contribution in [0.4, 0.5) is 0 Å². The second kappa shape index (κ2) is 10.6. The Kier molecular flexibility index (Phi) is 7.57. The summed E-state index contributed by atoms with van der Waals surface area (Å²) < 4.78 is 17.7. The van der Waals surface area contributed by atoms with E-state index in [2.05, 4.69) is 27.6 Å². The second-order valence-corrected chi connectivity index (χ2v) is 9.14. The number of hydrogen-bond acceptors (Lipinski definition) is 5. The molecule has 0 bridgehead atoms. The number of esters is 1. The largest absolute Gasteiger partial charge is 0.493 e. The van der Waals surface area contributed by atoms with Crippen molar-refractivity contribution in [3.8, 4) is 11.5 Å². The molecule has 1 heterocycles. The highest BCUT2D eigenvalue weighted by Gasteiger charge is 2.26. The molecule has 3 aromatic carbocycles. The zero-order chi connectivity index (χ0) is 23.4. The van der Waals surface area contributed by atoms with E-state index in [1.807, 2.05) is 36.4 Å². The summed E-state index contributed by atoms with van der Waals surface area (Å²) in [4.78, 5) is 16.7. The molecule has 0 spiro atoms. The first-order valence-electron chi connectivity index (χ1n) is 9.97. The van der Waals surface area contributed by atoms with Gasteiger partial charge in [-0.05, 0) is 70.1 Å². The monoisotopic (exact) mass is 593 g/mol. The van der Waals surface area contributed by atoms with E-state index in [9.17, 15) is 4.79 Å². The van der Waals surface area contributed by atoms with Crippen LogP contribution in [-0.4, -0.2) is 25.6 Å². The number of nitrogens with zero attached hydrogens (tertiary/aromatic N) is 1. The molecule has 0 N–H and O–H groups in total. The van der Waals surface area contributed by atoms with Gasteiger partial charge in [-0.3, -0.25) is 0 Å². The van der Waals surface area contributed by atoms with E-state index in [1.54, 1.807) is 30.3 Å². The number of cyclic esters (lactones) is 1. The lowest BCUT2D eigenvalue weighted by Crippen LogP contribution is -2.06. The van der Waals surface area contributed by atoms with Crippen molar-refractivity contribution in [1.29, 1.82) is 0 Å². The van der Waals surface area contributed by atoms with Crippen molar-refractivity contribution in [2.24, 2.45) is 4.99 Å². The summed E-state index contributed by atoms with van der Waals surface area (Å²) in [6, 6.07) is 18.8. The van der Waals surface area contributed by atoms with E-state index >= 15 is 0 Å². The molecule has 0 saturated heterocycles. The van der Waals surface area contributed by atoms with Crippen LogP contribution in [-0.2, 0) is 16.0 Å². The van der Waals surface area contributed by atoms with E-state index < -0.39 is 5.97 Å². The molecule has 0 unspecified atom stereocenters. The van der Waals surface area contributed by atoms with Gasteiger partial charge in [0.1, 0.15) is 0 Å². The van der Waals surface area contributed by atoms with Gasteiger partial charge < -0.3 is 14.2 Å². The molecule has 0 amide bonds. The van der Waals surface area contributed by atoms with E-state index in [1.165, 1.54) is 7.11 Å². The van der Waals surface area contributed by atoms with Gasteiger partial charge in [-0.25, -0.2) is 9.79 Å². The number of carbonyl (C=O) groups excluding carboxylic acids is 1. The first kappa shape index (κ1) is 23.6. The highest BCUT2D eigenvalue weighted by atomic mass is 127. The summed E-state index contributed by atoms with van der Waals surface area (Å²) in [7, 11) is 1.53. The van der Waals surface area contributed by atoms with Gasteiger partial charge in [0.05, 0.1) is 29.3 Å². The SMILES string of the molecule is COc1cc(/C=C2\N=C(c3cc(I)ccc3Cl)OC2=O)cc(Cl)c1OCCc1ccccc1. The fourth-order valence-corrected chi connectivity index (χ4v) is 4.19. The predicted molar refractivity (Wildman–Crippen MR) is 138 cm³/mol. The van der Waals surface area contributed by atoms with Crippen molar-refractivity contribution in [3.05, 3.63) is 96.7 Å². The molecule has 33 heavy (non-hydrogen) atoms. The predicted octanol–water partition coefficient (Wildman–Crippen LogP) is 6.57. The number of rotatable bonds is 7. The Balaban J connectivity index is 1.56. The Hall–Kier alpha value is -2.55. The molecule has 168 valence electrons. The summed E-state index contributed by atoms with van der Waals surface area (Å²) in [5.41, 5.74) is 2.47. The Labute approximate surface area is 215 Å². The molecule has 1 aliphatic rings. The molecule has 0 saturated carbocycles. The molecule has 5 nitrogen and oxygen atoms in total. The van der Waals surface area contributed by atoms with E-state index in [0.717, 1.165) is 15.6 Å². The minimum Gasteiger partial charge on any atom is -0.493 e. The van der Waals surface area contributed by atoms with Gasteiger partial charge in [-0.2, -0.15) is 0 Å². The molecule has 1 aliphatic heterocycles. The quantitative estimate of drug-likeness (QED) is 0.177. The molecule has 0 fully saturated rings. The van der Waals surface area contributed by atoms with Gasteiger partial charge in [0.2, 0.25) is 5.90 Å². The minimum absolute atomic E-state index is 0.135. The molecular weight excluding hydrogens is 576 g/mol. The van der Waals surface area contributed by atoms with Crippen molar-refractivity contribution in [2.75, 3.05) is 13.7 Å². The number of methoxy groups -OCH3 is 1. The highest BCUT2D eigenvalue weighted by Crippen LogP contribution is 2.37. The Morgan fingerprint density at radius 1 is 1.06 bits per heavy atom. The van der Waals surface area contributed by atoms with Gasteiger partial charge in [-0.1, -0.05) is 53.5 Å². The first-order valence-corrected chi connectivity index (χ1v) is 11.8. The lowest BCUT2D eigenvalue weighted by Gasteiger charge is -2.13. The topological polar surface area (TPSA) is 57.1 Å². The van der Waals surface area contributed by atoms with Gasteiger partial charge in [0, 0.05) is 9.99 Å². The van der Waals surface area contributed by atoms with Crippen LogP contribution in [0.3, 0.4) is 0 Å². The fraction of sp³-hybridized carbons (Fsp3) is 0.120. The zero-order valence-corrected chi connectivity index (χ0v) is 21.1. The van der Waals surface area contributed by atoms with Crippen molar-refractivity contribution < 1.29 is 19.0 Å². The van der Waals surface area contributed by atoms with Crippen molar-refractivity contribution >= 4 is 63.7 Å². The van der Waals surface area contributed by atoms with Gasteiger partial charge in [0.25, 0.3) is 0 Å². The maximum atomic E-state index is 12.4. The smallest absolute Gasteiger partial charge is 0.363 e. The summed E-state index contributed by atoms with van der Waals surface area (Å²) in [5.74, 6) is 0.492. The summed E-state index contributed by atoms with van der Waals surface area (Å²) in [6.45, 7) is 0.442. The number of halogens is 3. The standard InChI is InChI=1S/C25H18Cl2INO4/c1-31-22-13-16(11-20(27)23(22)32-10-9-15-5-3-2-4-6-15)12-21-25(30)33-24(29-21)18-14-17(28)7-8-19(18)26/h2-8,11-14H,9-10H2,1H3/b21-12-. The summed E-state index contributed by atoms with van der Waals surface area (Å²) in [6.07, 6.45) is 2.32. The van der Waals surface area contributed by atoms with Crippen molar-refractivity contribution in [3.63, 3.8) is 0 Å². The Bertz CT molecular complexity index is 1260. The highest BCUT2D eigenvalue weighted by molar-refractivity contribution is 14.1. The van der Waals surface area contributed by atoms with Gasteiger partial charge in [-0.15, -0.1) is 0 Å². The van der Waals surface area contributed by atoms with E-state index in [-0.39, 0.29) is 11.6 Å². The molecule has 0 atom stereocenters. The maximum absolute atomic E-state index is 12.4. The van der Waals surface area contributed by atoms with E-state index in [0.29, 0.717) is 39.3 Å². The van der Waals surface area contributed by atoms with E-state index in [4.69, 9.17) is 37.4 Å². The van der Waals surface area contributed by atoms with Crippen LogP contribution >= 0.6 is 45.8 Å².